The summed E-state index contributed by atoms with van der Waals surface area (Å²) in [5.74, 6) is 0.255. The smallest absolute Gasteiger partial charge is 0.344 e. The van der Waals surface area contributed by atoms with Crippen LogP contribution in [0, 0.1) is 0 Å². The molecule has 0 aliphatic heterocycles. The number of rotatable bonds is 7. The van der Waals surface area contributed by atoms with Crippen molar-refractivity contribution in [1.82, 2.24) is 0 Å². The maximum Gasteiger partial charge on any atom is 0.344 e. The molecule has 0 aromatic heterocycles. The molecule has 0 unspecified atom stereocenters. The van der Waals surface area contributed by atoms with Gasteiger partial charge in [-0.25, -0.2) is 4.79 Å². The molecule has 0 heterocycles. The predicted molar refractivity (Wildman–Crippen MR) is 67.8 cm³/mol. The Kier molecular flexibility index (Phi) is 5.91. The minimum Gasteiger partial charge on any atom is -0.482 e. The number of esters is 1. The first-order valence-electron chi connectivity index (χ1n) is 6.09. The molecule has 4 heteroatoms. The quantitative estimate of drug-likeness (QED) is 0.551. The summed E-state index contributed by atoms with van der Waals surface area (Å²) in [6.07, 6.45) is 1.27. The van der Waals surface area contributed by atoms with Crippen molar-refractivity contribution in [3.05, 3.63) is 29.8 Å². The molecule has 0 aliphatic carbocycles. The summed E-state index contributed by atoms with van der Waals surface area (Å²) in [6, 6.07) is 6.74. The largest absolute Gasteiger partial charge is 0.482 e. The minimum atomic E-state index is -0.384. The summed E-state index contributed by atoms with van der Waals surface area (Å²) in [5.41, 5.74) is 0.651. The minimum absolute atomic E-state index is 0.0869. The van der Waals surface area contributed by atoms with Crippen LogP contribution >= 0.6 is 0 Å². The van der Waals surface area contributed by atoms with Gasteiger partial charge >= 0.3 is 5.97 Å². The Labute approximate surface area is 107 Å². The summed E-state index contributed by atoms with van der Waals surface area (Å²) in [4.78, 5) is 22.6. The van der Waals surface area contributed by atoms with Gasteiger partial charge in [-0.05, 0) is 30.7 Å². The molecule has 0 N–H and O–H groups in total. The molecular weight excluding hydrogens is 232 g/mol. The van der Waals surface area contributed by atoms with Crippen molar-refractivity contribution in [2.24, 2.45) is 0 Å². The van der Waals surface area contributed by atoms with Crippen molar-refractivity contribution >= 4 is 11.8 Å². The Hall–Kier alpha value is -1.84. The molecule has 0 amide bonds. The molecule has 1 aromatic carbocycles. The van der Waals surface area contributed by atoms with Crippen molar-refractivity contribution in [2.45, 2.75) is 26.7 Å². The summed E-state index contributed by atoms with van der Waals surface area (Å²) < 4.78 is 10.1. The first-order chi connectivity index (χ1) is 8.67. The molecule has 1 aromatic rings. The molecule has 0 fully saturated rings. The molecule has 0 saturated carbocycles. The van der Waals surface area contributed by atoms with Crippen molar-refractivity contribution < 1.29 is 19.1 Å². The van der Waals surface area contributed by atoms with Gasteiger partial charge in [-0.1, -0.05) is 13.8 Å². The van der Waals surface area contributed by atoms with Gasteiger partial charge in [0.05, 0.1) is 6.61 Å². The summed E-state index contributed by atoms with van der Waals surface area (Å²) >= 11 is 0. The lowest BCUT2D eigenvalue weighted by Gasteiger charge is -2.06. The van der Waals surface area contributed by atoms with E-state index in [-0.39, 0.29) is 18.4 Å². The number of hydrogen-bond acceptors (Lipinski definition) is 4. The zero-order valence-electron chi connectivity index (χ0n) is 10.8. The number of ketones is 1. The van der Waals surface area contributed by atoms with E-state index in [1.165, 1.54) is 0 Å². The third kappa shape index (κ3) is 4.57. The van der Waals surface area contributed by atoms with Gasteiger partial charge in [-0.3, -0.25) is 4.79 Å². The van der Waals surface area contributed by atoms with Gasteiger partial charge in [-0.2, -0.15) is 0 Å². The average molecular weight is 250 g/mol. The molecule has 4 nitrogen and oxygen atoms in total. The van der Waals surface area contributed by atoms with Crippen LogP contribution in [0.15, 0.2) is 24.3 Å². The molecular formula is C14H18O4. The highest BCUT2D eigenvalue weighted by Crippen LogP contribution is 2.13. The fraction of sp³-hybridized carbons (Fsp3) is 0.429. The maximum absolute atomic E-state index is 11.4. The number of benzene rings is 1. The molecule has 18 heavy (non-hydrogen) atoms. The number of Topliss-reactive ketones (excluding diaryl/α,β-unsaturated/α-hetero) is 1. The number of hydrogen-bond donors (Lipinski definition) is 0. The van der Waals surface area contributed by atoms with Crippen LogP contribution in [-0.4, -0.2) is 25.0 Å². The summed E-state index contributed by atoms with van der Waals surface area (Å²) in [5, 5.41) is 0. The molecule has 0 spiro atoms. The SMILES string of the molecule is CCCOC(=O)COc1ccc(C(=O)CC)cc1. The lowest BCUT2D eigenvalue weighted by Crippen LogP contribution is -2.15. The van der Waals surface area contributed by atoms with Crippen LogP contribution in [0.4, 0.5) is 0 Å². The second-order valence-corrected chi connectivity index (χ2v) is 3.81. The van der Waals surface area contributed by atoms with Crippen LogP contribution in [0.5, 0.6) is 5.75 Å². The van der Waals surface area contributed by atoms with Gasteiger partial charge in [0.1, 0.15) is 5.75 Å². The van der Waals surface area contributed by atoms with E-state index in [1.807, 2.05) is 13.8 Å². The van der Waals surface area contributed by atoms with Gasteiger partial charge in [0.25, 0.3) is 0 Å². The van der Waals surface area contributed by atoms with Crippen molar-refractivity contribution in [3.63, 3.8) is 0 Å². The van der Waals surface area contributed by atoms with E-state index >= 15 is 0 Å². The third-order valence-electron chi connectivity index (χ3n) is 2.32. The van der Waals surface area contributed by atoms with Crippen molar-refractivity contribution in [2.75, 3.05) is 13.2 Å². The zero-order chi connectivity index (χ0) is 13.4. The van der Waals surface area contributed by atoms with Gasteiger partial charge in [-0.15, -0.1) is 0 Å². The van der Waals surface area contributed by atoms with Crippen molar-refractivity contribution in [1.29, 1.82) is 0 Å². The Bertz CT molecular complexity index is 395. The summed E-state index contributed by atoms with van der Waals surface area (Å²) in [6.45, 7) is 4.04. The third-order valence-corrected chi connectivity index (χ3v) is 2.32. The van der Waals surface area contributed by atoms with E-state index in [2.05, 4.69) is 0 Å². The van der Waals surface area contributed by atoms with Gasteiger partial charge in [0, 0.05) is 12.0 Å². The van der Waals surface area contributed by atoms with Crippen LogP contribution in [0.2, 0.25) is 0 Å². The first kappa shape index (κ1) is 14.2. The molecule has 0 radical (unpaired) electrons. The zero-order valence-corrected chi connectivity index (χ0v) is 10.8. The van der Waals surface area contributed by atoms with Crippen LogP contribution in [-0.2, 0) is 9.53 Å². The van der Waals surface area contributed by atoms with Crippen LogP contribution in [0.3, 0.4) is 0 Å². The highest BCUT2D eigenvalue weighted by atomic mass is 16.6. The normalized spacial score (nSPS) is 9.89. The lowest BCUT2D eigenvalue weighted by atomic mass is 10.1. The van der Waals surface area contributed by atoms with Gasteiger partial charge < -0.3 is 9.47 Å². The second kappa shape index (κ2) is 7.48. The standard InChI is InChI=1S/C14H18O4/c1-3-9-17-14(16)10-18-12-7-5-11(6-8-12)13(15)4-2/h5-8H,3-4,9-10H2,1-2H3. The fourth-order valence-electron chi connectivity index (χ4n) is 1.34. The lowest BCUT2D eigenvalue weighted by molar-refractivity contribution is -0.146. The molecule has 1 rings (SSSR count). The number of ether oxygens (including phenoxy) is 2. The Balaban J connectivity index is 2.44. The average Bonchev–Trinajstić information content (AvgIpc) is 2.42. The van der Waals surface area contributed by atoms with E-state index in [0.717, 1.165) is 6.42 Å². The highest BCUT2D eigenvalue weighted by Gasteiger charge is 2.05. The predicted octanol–water partition coefficient (Wildman–Crippen LogP) is 2.61. The van der Waals surface area contributed by atoms with E-state index in [1.54, 1.807) is 24.3 Å². The second-order valence-electron chi connectivity index (χ2n) is 3.81. The van der Waals surface area contributed by atoms with E-state index < -0.39 is 0 Å². The molecule has 0 atom stereocenters. The Morgan fingerprint density at radius 3 is 2.33 bits per heavy atom. The van der Waals surface area contributed by atoms with E-state index in [4.69, 9.17) is 9.47 Å². The van der Waals surface area contributed by atoms with Crippen LogP contribution in [0.1, 0.15) is 37.0 Å². The summed E-state index contributed by atoms with van der Waals surface area (Å²) in [7, 11) is 0. The number of carbonyl (C=O) groups excluding carboxylic acids is 2. The molecule has 0 saturated heterocycles. The Morgan fingerprint density at radius 2 is 1.78 bits per heavy atom. The molecule has 98 valence electrons. The first-order valence-corrected chi connectivity index (χ1v) is 6.09. The molecule has 0 bridgehead atoms. The van der Waals surface area contributed by atoms with Crippen LogP contribution < -0.4 is 4.74 Å². The van der Waals surface area contributed by atoms with E-state index in [9.17, 15) is 9.59 Å². The van der Waals surface area contributed by atoms with Crippen LogP contribution in [0.25, 0.3) is 0 Å². The Morgan fingerprint density at radius 1 is 1.11 bits per heavy atom. The molecule has 0 aliphatic rings. The van der Waals surface area contributed by atoms with E-state index in [0.29, 0.717) is 24.3 Å². The van der Waals surface area contributed by atoms with Gasteiger partial charge in [0.2, 0.25) is 0 Å². The fourth-order valence-corrected chi connectivity index (χ4v) is 1.34. The van der Waals surface area contributed by atoms with Crippen molar-refractivity contribution in [3.8, 4) is 5.75 Å². The highest BCUT2D eigenvalue weighted by molar-refractivity contribution is 5.95. The monoisotopic (exact) mass is 250 g/mol. The number of carbonyl (C=O) groups is 2. The maximum atomic E-state index is 11.4. The van der Waals surface area contributed by atoms with Gasteiger partial charge in [0.15, 0.2) is 12.4 Å². The topological polar surface area (TPSA) is 52.6 Å².